The second kappa shape index (κ2) is 24.2. The van der Waals surface area contributed by atoms with E-state index in [0.29, 0.717) is 10.8 Å². The van der Waals surface area contributed by atoms with Crippen LogP contribution in [0.2, 0.25) is 0 Å². The van der Waals surface area contributed by atoms with Crippen molar-refractivity contribution >= 4 is 5.97 Å². The summed E-state index contributed by atoms with van der Waals surface area (Å²) in [6.45, 7) is 17.6. The molecule has 0 aromatic carbocycles. The van der Waals surface area contributed by atoms with Crippen molar-refractivity contribution in [2.75, 3.05) is 0 Å². The Morgan fingerprint density at radius 3 is 1.74 bits per heavy atom. The number of fused-ring (bicyclic) bond motifs is 5. The van der Waals surface area contributed by atoms with Crippen LogP contribution in [-0.2, 0) is 9.53 Å². The van der Waals surface area contributed by atoms with Gasteiger partial charge in [-0.05, 0) is 129 Å². The summed E-state index contributed by atoms with van der Waals surface area (Å²) in [4.78, 5) is 12.8. The maximum absolute atomic E-state index is 12.8. The lowest BCUT2D eigenvalue weighted by Crippen LogP contribution is -2.54. The van der Waals surface area contributed by atoms with E-state index in [2.05, 4.69) is 54.5 Å². The number of carbonyl (C=O) groups is 1. The minimum absolute atomic E-state index is 0.0857. The number of allylic oxidation sites excluding steroid dienone is 1. The van der Waals surface area contributed by atoms with Crippen LogP contribution >= 0.6 is 0 Å². The zero-order valence-corrected chi connectivity index (χ0v) is 37.6. The van der Waals surface area contributed by atoms with E-state index < -0.39 is 0 Å². The van der Waals surface area contributed by atoms with E-state index in [4.69, 9.17) is 4.74 Å². The average molecular weight is 751 g/mol. The standard InChI is InChI=1S/C52H94O2/c1-8-9-10-11-12-13-14-15-16-17-18-19-20-21-22-23-24-25-26-27-28-29-50(53)54-45-36-38-51(6)44(40-45)32-33-46-48-35-34-47(52(48,7)39-37-49(46)51)43(5)31-30-42(4)41(2)3/h28-29,41-49H,8-27,30-40H2,1-7H3/t42-,43+,44?,45?,46-,47+,48-,49-,51-,52+/m0/s1. The van der Waals surface area contributed by atoms with Gasteiger partial charge in [-0.2, -0.15) is 0 Å². The molecular weight excluding hydrogens is 657 g/mol. The molecule has 2 heteroatoms. The third kappa shape index (κ3) is 13.7. The number of ether oxygens (including phenoxy) is 1. The quantitative estimate of drug-likeness (QED) is 0.0475. The molecule has 0 heterocycles. The summed E-state index contributed by atoms with van der Waals surface area (Å²) < 4.78 is 6.12. The number of hydrogen-bond acceptors (Lipinski definition) is 2. The highest BCUT2D eigenvalue weighted by Crippen LogP contribution is 2.68. The molecule has 2 unspecified atom stereocenters. The molecule has 0 aromatic rings. The number of esters is 1. The number of carbonyl (C=O) groups excluding carboxylic acids is 1. The molecule has 0 aliphatic heterocycles. The van der Waals surface area contributed by atoms with Crippen LogP contribution in [0, 0.1) is 58.2 Å². The Morgan fingerprint density at radius 2 is 1.17 bits per heavy atom. The first-order valence-electron chi connectivity index (χ1n) is 25.0. The fraction of sp³-hybridized carbons (Fsp3) is 0.942. The van der Waals surface area contributed by atoms with Crippen molar-refractivity contribution < 1.29 is 9.53 Å². The summed E-state index contributed by atoms with van der Waals surface area (Å²) in [5.74, 6) is 6.87. The third-order valence-electron chi connectivity index (χ3n) is 17.1. The molecule has 4 saturated carbocycles. The molecule has 4 aliphatic carbocycles. The van der Waals surface area contributed by atoms with Gasteiger partial charge < -0.3 is 4.74 Å². The summed E-state index contributed by atoms with van der Waals surface area (Å²) in [6, 6.07) is 0. The highest BCUT2D eigenvalue weighted by Gasteiger charge is 2.60. The molecule has 54 heavy (non-hydrogen) atoms. The lowest BCUT2D eigenvalue weighted by atomic mass is 9.44. The third-order valence-corrected chi connectivity index (χ3v) is 17.1. The van der Waals surface area contributed by atoms with Crippen LogP contribution < -0.4 is 0 Å². The van der Waals surface area contributed by atoms with Crippen LogP contribution in [0.15, 0.2) is 12.2 Å². The molecule has 2 nitrogen and oxygen atoms in total. The SMILES string of the molecule is CCCCCCCCCCCCCCCCCCCCCC=CC(=O)OC1CC[C@@]2(C)C(CC[C@H]3[C@@H]4CC[C@H]([C@H](C)CC[C@H](C)C(C)C)[C@@]4(C)CC[C@@H]32)C1. The Kier molecular flexibility index (Phi) is 20.6. The van der Waals surface area contributed by atoms with Gasteiger partial charge in [0.1, 0.15) is 6.10 Å². The molecule has 0 aromatic heterocycles. The molecule has 4 aliphatic rings. The summed E-state index contributed by atoms with van der Waals surface area (Å²) in [7, 11) is 0. The molecule has 0 N–H and O–H groups in total. The fourth-order valence-electron chi connectivity index (χ4n) is 13.1. The van der Waals surface area contributed by atoms with Gasteiger partial charge in [0.25, 0.3) is 0 Å². The minimum Gasteiger partial charge on any atom is -0.459 e. The van der Waals surface area contributed by atoms with Gasteiger partial charge in [0.05, 0.1) is 0 Å². The van der Waals surface area contributed by atoms with Crippen molar-refractivity contribution in [2.24, 2.45) is 58.2 Å². The first-order valence-corrected chi connectivity index (χ1v) is 25.0. The molecule has 0 spiro atoms. The molecule has 0 amide bonds. The Balaban J connectivity index is 1.02. The maximum Gasteiger partial charge on any atom is 0.330 e. The van der Waals surface area contributed by atoms with Crippen molar-refractivity contribution in [1.29, 1.82) is 0 Å². The number of hydrogen-bond donors (Lipinski definition) is 0. The van der Waals surface area contributed by atoms with Gasteiger partial charge in [0, 0.05) is 6.08 Å². The molecule has 4 rings (SSSR count). The highest BCUT2D eigenvalue weighted by molar-refractivity contribution is 5.82. The monoisotopic (exact) mass is 751 g/mol. The first kappa shape index (κ1) is 45.9. The van der Waals surface area contributed by atoms with Gasteiger partial charge in [-0.25, -0.2) is 4.79 Å². The smallest absolute Gasteiger partial charge is 0.330 e. The van der Waals surface area contributed by atoms with E-state index in [0.717, 1.165) is 66.6 Å². The largest absolute Gasteiger partial charge is 0.459 e. The van der Waals surface area contributed by atoms with Crippen LogP contribution in [0.5, 0.6) is 0 Å². The fourth-order valence-corrected chi connectivity index (χ4v) is 13.1. The lowest BCUT2D eigenvalue weighted by molar-refractivity contribution is -0.158. The maximum atomic E-state index is 12.8. The van der Waals surface area contributed by atoms with Crippen molar-refractivity contribution in [3.8, 4) is 0 Å². The van der Waals surface area contributed by atoms with E-state index in [1.807, 2.05) is 0 Å². The zero-order chi connectivity index (χ0) is 38.8. The van der Waals surface area contributed by atoms with Crippen LogP contribution in [0.3, 0.4) is 0 Å². The van der Waals surface area contributed by atoms with Gasteiger partial charge in [-0.15, -0.1) is 0 Å². The van der Waals surface area contributed by atoms with E-state index in [1.165, 1.54) is 180 Å². The van der Waals surface area contributed by atoms with Crippen LogP contribution in [-0.4, -0.2) is 12.1 Å². The summed E-state index contributed by atoms with van der Waals surface area (Å²) >= 11 is 0. The highest BCUT2D eigenvalue weighted by atomic mass is 16.5. The predicted octanol–water partition coefficient (Wildman–Crippen LogP) is 16.6. The summed E-state index contributed by atoms with van der Waals surface area (Å²) in [5, 5.41) is 0. The van der Waals surface area contributed by atoms with E-state index in [1.54, 1.807) is 6.08 Å². The molecule has 314 valence electrons. The van der Waals surface area contributed by atoms with Crippen LogP contribution in [0.25, 0.3) is 0 Å². The molecule has 0 radical (unpaired) electrons. The number of unbranched alkanes of at least 4 members (excludes halogenated alkanes) is 19. The minimum atomic E-state index is -0.0857. The van der Waals surface area contributed by atoms with Crippen LogP contribution in [0.1, 0.15) is 248 Å². The second-order valence-corrected chi connectivity index (χ2v) is 21.0. The average Bonchev–Trinajstić information content (AvgIpc) is 3.51. The van der Waals surface area contributed by atoms with E-state index >= 15 is 0 Å². The Bertz CT molecular complexity index is 1040. The van der Waals surface area contributed by atoms with Gasteiger partial charge >= 0.3 is 5.97 Å². The van der Waals surface area contributed by atoms with E-state index in [-0.39, 0.29) is 12.1 Å². The normalized spacial score (nSPS) is 32.0. The van der Waals surface area contributed by atoms with Crippen LogP contribution in [0.4, 0.5) is 0 Å². The molecule has 0 bridgehead atoms. The van der Waals surface area contributed by atoms with Crippen molar-refractivity contribution in [3.63, 3.8) is 0 Å². The molecular formula is C52H94O2. The zero-order valence-electron chi connectivity index (χ0n) is 37.6. The van der Waals surface area contributed by atoms with E-state index in [9.17, 15) is 4.79 Å². The number of rotatable bonds is 27. The van der Waals surface area contributed by atoms with Gasteiger partial charge in [-0.1, -0.05) is 183 Å². The second-order valence-electron chi connectivity index (χ2n) is 21.0. The Labute approximate surface area is 338 Å². The Morgan fingerprint density at radius 1 is 0.630 bits per heavy atom. The van der Waals surface area contributed by atoms with Gasteiger partial charge in [0.2, 0.25) is 0 Å². The topological polar surface area (TPSA) is 26.3 Å². The van der Waals surface area contributed by atoms with Gasteiger partial charge in [-0.3, -0.25) is 0 Å². The summed E-state index contributed by atoms with van der Waals surface area (Å²) in [5.41, 5.74) is 1.02. The Hall–Kier alpha value is -0.790. The van der Waals surface area contributed by atoms with Gasteiger partial charge in [0.15, 0.2) is 0 Å². The molecule has 4 fully saturated rings. The molecule has 10 atom stereocenters. The van der Waals surface area contributed by atoms with Crippen molar-refractivity contribution in [2.45, 2.75) is 254 Å². The van der Waals surface area contributed by atoms with Crippen molar-refractivity contribution in [3.05, 3.63) is 12.2 Å². The van der Waals surface area contributed by atoms with Crippen molar-refractivity contribution in [1.82, 2.24) is 0 Å². The molecule has 0 saturated heterocycles. The summed E-state index contributed by atoms with van der Waals surface area (Å²) in [6.07, 6.45) is 46.7. The predicted molar refractivity (Wildman–Crippen MR) is 235 cm³/mol. The lowest BCUT2D eigenvalue weighted by Gasteiger charge is -2.61. The first-order chi connectivity index (χ1) is 26.1.